The zero-order valence-electron chi connectivity index (χ0n) is 59.6. The molecule has 21 nitrogen and oxygen atoms in total. The summed E-state index contributed by atoms with van der Waals surface area (Å²) in [6.45, 7) is 23.9. The van der Waals surface area contributed by atoms with Gasteiger partial charge in [0.05, 0.1) is 24.0 Å². The van der Waals surface area contributed by atoms with Crippen LogP contribution in [0.4, 0.5) is 5.00 Å². The van der Waals surface area contributed by atoms with Crippen LogP contribution in [0.2, 0.25) is 0 Å². The highest BCUT2D eigenvalue weighted by atomic mass is 32.1. The number of nitrogen functional groups attached to an aromatic ring is 1. The molecule has 9 aromatic heterocycles. The smallest absolute Gasteiger partial charge is 0.387 e. The number of ether oxygens (including phenoxy) is 3. The molecule has 25 heteroatoms. The van der Waals surface area contributed by atoms with Gasteiger partial charge in [-0.15, -0.1) is 34.0 Å². The Bertz CT molecular complexity index is 5620. The highest BCUT2D eigenvalue weighted by Crippen LogP contribution is 2.41. The second kappa shape index (κ2) is 33.0. The van der Waals surface area contributed by atoms with E-state index in [-0.39, 0.29) is 67.6 Å². The molecule has 0 saturated heterocycles. The number of nitrogens with two attached hydrogens (primary N) is 1. The number of para-hydroxylation sites is 8. The number of carboxylic acid groups (broad SMARTS) is 1. The molecule has 0 spiro atoms. The Hall–Kier alpha value is -12.0. The van der Waals surface area contributed by atoms with Gasteiger partial charge < -0.3 is 56.4 Å². The van der Waals surface area contributed by atoms with E-state index >= 15 is 0 Å². The molecule has 9 heterocycles. The Morgan fingerprint density at radius 2 is 0.804 bits per heavy atom. The highest BCUT2D eigenvalue weighted by molar-refractivity contribution is 7.59. The van der Waals surface area contributed by atoms with Crippen LogP contribution in [0.5, 0.6) is 0 Å². The van der Waals surface area contributed by atoms with Crippen molar-refractivity contribution in [3.63, 3.8) is 0 Å². The van der Waals surface area contributed by atoms with E-state index in [9.17, 15) is 38.7 Å². The second-order valence-electron chi connectivity index (χ2n) is 26.8. The van der Waals surface area contributed by atoms with Crippen molar-refractivity contribution in [3.8, 4) is 34.0 Å². The number of esters is 3. The number of carbonyl (C=O) groups excluding carboxylic acids is 6. The first kappa shape index (κ1) is 77.7. The normalized spacial score (nSPS) is 11.3. The van der Waals surface area contributed by atoms with Gasteiger partial charge in [-0.05, 0) is 135 Å². The van der Waals surface area contributed by atoms with Crippen molar-refractivity contribution >= 4 is 160 Å². The number of furan rings is 4. The number of nitrogens with zero attached hydrogens (tertiary/aromatic N) is 3. The molecule has 3 N–H and O–H groups in total. The fourth-order valence-corrected chi connectivity index (χ4v) is 13.5. The fourth-order valence-electron chi connectivity index (χ4n) is 10.7. The molecule has 0 bridgehead atoms. The van der Waals surface area contributed by atoms with E-state index in [0.29, 0.717) is 93.4 Å². The summed E-state index contributed by atoms with van der Waals surface area (Å²) in [5, 5.41) is 19.3. The fraction of sp³-hybridized carbons (Fsp3) is 0.195. The number of hydrogen-bond acceptors (Lipinski definition) is 22. The number of anilines is 1. The van der Waals surface area contributed by atoms with E-state index in [2.05, 4.69) is 14.8 Å². The summed E-state index contributed by atoms with van der Waals surface area (Å²) < 4.78 is 50.0. The van der Waals surface area contributed by atoms with Crippen molar-refractivity contribution in [1.82, 2.24) is 9.97 Å². The number of benzene rings is 6. The molecule has 0 aliphatic rings. The second-order valence-corrected chi connectivity index (χ2v) is 29.7. The first-order valence-electron chi connectivity index (χ1n) is 33.0. The van der Waals surface area contributed by atoms with E-state index in [4.69, 9.17) is 53.0 Å². The number of hydrogen-bond donors (Lipinski definition) is 2. The zero-order valence-corrected chi connectivity index (χ0v) is 63.1. The largest absolute Gasteiger partial charge is 0.478 e. The minimum atomic E-state index is -1.11. The van der Waals surface area contributed by atoms with Gasteiger partial charge in [0.25, 0.3) is 11.8 Å². The Kier molecular flexibility index (Phi) is 24.0. The Balaban J connectivity index is 0.000000151. The molecule has 546 valence electrons. The monoisotopic (exact) mass is 1510 g/mol. The number of aromatic carboxylic acids is 1. The number of aromatic nitrogens is 2. The molecule has 0 unspecified atom stereocenters. The van der Waals surface area contributed by atoms with Crippen molar-refractivity contribution < 1.29 is 79.4 Å². The van der Waals surface area contributed by atoms with Crippen molar-refractivity contribution in [2.45, 2.75) is 98.9 Å². The lowest BCUT2D eigenvalue weighted by atomic mass is 10.0. The average molecular weight is 1510 g/mol. The number of thiophene rings is 3. The van der Waals surface area contributed by atoms with Gasteiger partial charge in [0.2, 0.25) is 11.6 Å². The van der Waals surface area contributed by atoms with Crippen LogP contribution >= 0.6 is 47.5 Å². The average Bonchev–Trinajstić information content (AvgIpc) is 1.64. The summed E-state index contributed by atoms with van der Waals surface area (Å²) in [7, 11) is 0. The van der Waals surface area contributed by atoms with Crippen LogP contribution in [-0.4, -0.2) is 79.6 Å². The van der Waals surface area contributed by atoms with Gasteiger partial charge in [-0.1, -0.05) is 97.1 Å². The number of oxazole rings is 2. The van der Waals surface area contributed by atoms with E-state index in [0.717, 1.165) is 38.3 Å². The lowest BCUT2D eigenvalue weighted by Crippen LogP contribution is -2.24. The maximum Gasteiger partial charge on any atom is 0.387 e. The highest BCUT2D eigenvalue weighted by Gasteiger charge is 2.31. The molecule has 0 amide bonds. The summed E-state index contributed by atoms with van der Waals surface area (Å²) in [6.07, 6.45) is -0.147. The van der Waals surface area contributed by atoms with Crippen molar-refractivity contribution in [3.05, 3.63) is 241 Å². The molecule has 107 heavy (non-hydrogen) atoms. The van der Waals surface area contributed by atoms with Gasteiger partial charge >= 0.3 is 30.4 Å². The summed E-state index contributed by atoms with van der Waals surface area (Å²) in [5.74, 6) is -1.17. The maximum atomic E-state index is 13.2. The number of carbonyl (C=O) groups is 7. The van der Waals surface area contributed by atoms with Crippen molar-refractivity contribution in [1.29, 1.82) is 0 Å². The van der Waals surface area contributed by atoms with Gasteiger partial charge in [0.1, 0.15) is 78.0 Å². The molecular formula is C82H72N4O17S4. The summed E-state index contributed by atoms with van der Waals surface area (Å²) >= 11 is 3.83. The van der Waals surface area contributed by atoms with Crippen LogP contribution in [0, 0.1) is 6.57 Å². The minimum Gasteiger partial charge on any atom is -0.478 e. The summed E-state index contributed by atoms with van der Waals surface area (Å²) in [4.78, 5) is 97.2. The van der Waals surface area contributed by atoms with E-state index in [1.165, 1.54) is 40.9 Å². The van der Waals surface area contributed by atoms with Crippen LogP contribution in [0.15, 0.2) is 213 Å². The number of Topliss-reactive ketones (excluding diaryl/α,β-unsaturated/α-hetero) is 3. The summed E-state index contributed by atoms with van der Waals surface area (Å²) in [6, 6.07) is 52.0. The van der Waals surface area contributed by atoms with Crippen LogP contribution in [0.25, 0.3) is 105 Å². The van der Waals surface area contributed by atoms with Gasteiger partial charge in [-0.25, -0.2) is 35.7 Å². The maximum absolute atomic E-state index is 13.2. The van der Waals surface area contributed by atoms with Crippen molar-refractivity contribution in [2.75, 3.05) is 12.3 Å². The predicted molar refractivity (Wildman–Crippen MR) is 418 cm³/mol. The quantitative estimate of drug-likeness (QED) is 0.0442. The van der Waals surface area contributed by atoms with Crippen LogP contribution in [0.1, 0.15) is 142 Å². The van der Waals surface area contributed by atoms with E-state index < -0.39 is 40.7 Å². The molecule has 0 aliphatic carbocycles. The van der Waals surface area contributed by atoms with Crippen LogP contribution in [0.3, 0.4) is 0 Å². The Morgan fingerprint density at radius 1 is 0.458 bits per heavy atom. The molecule has 0 saturated carbocycles. The van der Waals surface area contributed by atoms with Gasteiger partial charge in [-0.3, -0.25) is 14.4 Å². The third-order valence-electron chi connectivity index (χ3n) is 15.2. The van der Waals surface area contributed by atoms with Crippen LogP contribution in [-0.2, 0) is 31.8 Å². The molecular weight excluding hydrogens is 1440 g/mol. The third-order valence-corrected chi connectivity index (χ3v) is 17.9. The third kappa shape index (κ3) is 19.3. The van der Waals surface area contributed by atoms with Gasteiger partial charge in [0.15, 0.2) is 22.7 Å². The number of ketones is 3. The molecule has 15 rings (SSSR count). The van der Waals surface area contributed by atoms with Crippen molar-refractivity contribution in [2.24, 2.45) is 0 Å². The predicted octanol–water partition coefficient (Wildman–Crippen LogP) is 20.8. The molecule has 0 fully saturated rings. The summed E-state index contributed by atoms with van der Waals surface area (Å²) in [5.41, 5.74) is 11.9. The van der Waals surface area contributed by atoms with Gasteiger partial charge in [0, 0.05) is 71.1 Å². The number of carboxylic acids is 1. The Labute approximate surface area is 631 Å². The van der Waals surface area contributed by atoms with Crippen LogP contribution < -0.4 is 5.73 Å². The first-order valence-corrected chi connectivity index (χ1v) is 35.7. The minimum absolute atomic E-state index is 0. The molecule has 0 atom stereocenters. The van der Waals surface area contributed by atoms with E-state index in [1.807, 2.05) is 153 Å². The zero-order chi connectivity index (χ0) is 75.8. The standard InChI is InChI=1S/C26H21NO5S.C22H13NO5S.C17H17NO3S.C10H8O2.C7H11NO2.H2S/c1-26(2,3)32-25(29)23-16(21-12-15-8-4-6-10-19(15)30-21)14-33-22(23)13-18(28)24-27-17-9-5-7-11-20(17)31-24;24-15(21-23-14-6-2-4-8-17(14)28-21)10-19-20(22(25)26)13(11-29-19)18-9-12-5-1-3-7-16(12)27-18;1-17(2,3)21-16(19)14-11(9-22-15(14)18)13-8-10-6-4-5-7-12(10)20-13;1-7(11)10-6-8-4-2-3-5-9(8)12-10;1-7(2,3)10-6(9)5-8-4;/h4-12,14H,13H2,1-3H3;1-9,11H,10H2,(H,25,26);4-9H,18H2,1-3H3;2-6H,1H3;5H2,1-3H3;1H2. The number of fused-ring (bicyclic) bond motifs is 6. The van der Waals surface area contributed by atoms with E-state index in [1.54, 1.807) is 95.5 Å². The lowest BCUT2D eigenvalue weighted by molar-refractivity contribution is -0.152. The first-order chi connectivity index (χ1) is 50.5. The molecule has 6 aromatic carbocycles. The Morgan fingerprint density at radius 3 is 1.18 bits per heavy atom. The molecule has 0 aliphatic heterocycles. The molecule has 0 radical (unpaired) electrons. The lowest BCUT2D eigenvalue weighted by Gasteiger charge is -2.20. The van der Waals surface area contributed by atoms with Gasteiger partial charge in [-0.2, -0.15) is 13.5 Å². The topological polar surface area (TPSA) is 302 Å². The number of rotatable bonds is 14. The molecule has 15 aromatic rings. The SMILES string of the molecule is CC(=O)c1cc2ccccc2o1.CC(C)(C)OC(=O)c1c(-c2cc3ccccc3o2)csc1CC(=O)c1nc2ccccc2o1.CC(C)(C)OC(=O)c1c(-c2cc3ccccc3o2)csc1N.O=C(Cc1scc(-c2cc3ccccc3o2)c1C(=O)O)c1nc2ccccc2o1.S.[C-]#[N+]CC(=O)OC(C)(C)C.